The summed E-state index contributed by atoms with van der Waals surface area (Å²) in [4.78, 5) is 15.6. The summed E-state index contributed by atoms with van der Waals surface area (Å²) in [5.74, 6) is 3.15. The van der Waals surface area contributed by atoms with Crippen molar-refractivity contribution in [1.29, 1.82) is 0 Å². The van der Waals surface area contributed by atoms with Crippen molar-refractivity contribution >= 4 is 0 Å². The van der Waals surface area contributed by atoms with Gasteiger partial charge in [-0.2, -0.15) is 0 Å². The zero-order valence-electron chi connectivity index (χ0n) is 14.4. The molecule has 4 rings (SSSR count). The lowest BCUT2D eigenvalue weighted by Crippen LogP contribution is -2.28. The monoisotopic (exact) mass is 324 g/mol. The van der Waals surface area contributed by atoms with Gasteiger partial charge in [0.25, 0.3) is 0 Å². The van der Waals surface area contributed by atoms with Crippen LogP contribution in [0.1, 0.15) is 30.1 Å². The normalized spacial score (nSPS) is 26.5. The average Bonchev–Trinajstić information content (AvgIpc) is 3.11. The molecule has 3 heterocycles. The van der Waals surface area contributed by atoms with E-state index in [1.807, 2.05) is 44.4 Å². The van der Waals surface area contributed by atoms with Crippen molar-refractivity contribution in [3.8, 4) is 5.75 Å². The van der Waals surface area contributed by atoms with Crippen LogP contribution in [0, 0.1) is 25.7 Å². The largest absolute Gasteiger partial charge is 0.488 e. The van der Waals surface area contributed by atoms with E-state index in [1.54, 1.807) is 0 Å². The van der Waals surface area contributed by atoms with Gasteiger partial charge in [-0.3, -0.25) is 9.88 Å². The van der Waals surface area contributed by atoms with Gasteiger partial charge < -0.3 is 4.74 Å². The maximum absolute atomic E-state index is 6.32. The highest BCUT2D eigenvalue weighted by molar-refractivity contribution is 5.26. The Kier molecular flexibility index (Phi) is 4.19. The van der Waals surface area contributed by atoms with Gasteiger partial charge in [0.1, 0.15) is 17.7 Å². The maximum Gasteiger partial charge on any atom is 0.140 e. The standard InChI is InChI=1S/C19H24N4O/c1-13-18(4-3-8-20-13)24-19-6-5-15-10-23(12-17(15)19)11-16-7-9-21-14(2)22-16/h3-4,7-9,15,17,19H,5-6,10-12H2,1-2H3/t15-,17+,19-/m1/s1. The Bertz CT molecular complexity index is 720. The lowest BCUT2D eigenvalue weighted by Gasteiger charge is -2.22. The zero-order chi connectivity index (χ0) is 16.5. The first kappa shape index (κ1) is 15.5. The molecule has 2 aromatic heterocycles. The molecule has 2 fully saturated rings. The number of hydrogen-bond acceptors (Lipinski definition) is 5. The first-order valence-electron chi connectivity index (χ1n) is 8.78. The molecule has 1 aliphatic heterocycles. The number of ether oxygens (including phenoxy) is 1. The van der Waals surface area contributed by atoms with Crippen LogP contribution in [-0.4, -0.2) is 39.0 Å². The Labute approximate surface area is 143 Å². The van der Waals surface area contributed by atoms with Gasteiger partial charge in [0, 0.05) is 37.9 Å². The Morgan fingerprint density at radius 1 is 1.12 bits per heavy atom. The summed E-state index contributed by atoms with van der Waals surface area (Å²) in [6.07, 6.45) is 6.40. The number of hydrogen-bond donors (Lipinski definition) is 0. The van der Waals surface area contributed by atoms with E-state index in [-0.39, 0.29) is 0 Å². The molecule has 2 aromatic rings. The molecule has 2 aliphatic rings. The van der Waals surface area contributed by atoms with E-state index in [4.69, 9.17) is 4.74 Å². The third-order valence-electron chi connectivity index (χ3n) is 5.32. The highest BCUT2D eigenvalue weighted by Crippen LogP contribution is 2.40. The number of likely N-dealkylation sites (tertiary alicyclic amines) is 1. The highest BCUT2D eigenvalue weighted by atomic mass is 16.5. The summed E-state index contributed by atoms with van der Waals surface area (Å²) >= 11 is 0. The molecule has 0 spiro atoms. The van der Waals surface area contributed by atoms with Gasteiger partial charge in [-0.05, 0) is 50.8 Å². The van der Waals surface area contributed by atoms with Crippen molar-refractivity contribution in [3.63, 3.8) is 0 Å². The van der Waals surface area contributed by atoms with Crippen molar-refractivity contribution in [2.24, 2.45) is 11.8 Å². The van der Waals surface area contributed by atoms with Gasteiger partial charge >= 0.3 is 0 Å². The smallest absolute Gasteiger partial charge is 0.140 e. The van der Waals surface area contributed by atoms with E-state index >= 15 is 0 Å². The fraction of sp³-hybridized carbons (Fsp3) is 0.526. The summed E-state index contributed by atoms with van der Waals surface area (Å²) < 4.78 is 6.32. The van der Waals surface area contributed by atoms with Crippen molar-refractivity contribution in [2.75, 3.05) is 13.1 Å². The van der Waals surface area contributed by atoms with Crippen molar-refractivity contribution < 1.29 is 4.74 Å². The quantitative estimate of drug-likeness (QED) is 0.865. The molecule has 126 valence electrons. The summed E-state index contributed by atoms with van der Waals surface area (Å²) in [6.45, 7) is 7.12. The van der Waals surface area contributed by atoms with E-state index < -0.39 is 0 Å². The number of rotatable bonds is 4. The number of aromatic nitrogens is 3. The molecule has 0 unspecified atom stereocenters. The van der Waals surface area contributed by atoms with Crippen LogP contribution in [0.3, 0.4) is 0 Å². The molecule has 3 atom stereocenters. The lowest BCUT2D eigenvalue weighted by atomic mass is 9.99. The molecule has 0 bridgehead atoms. The summed E-state index contributed by atoms with van der Waals surface area (Å²) in [5.41, 5.74) is 2.09. The second kappa shape index (κ2) is 6.48. The Hall–Kier alpha value is -2.01. The molecular formula is C19H24N4O. The Morgan fingerprint density at radius 3 is 2.88 bits per heavy atom. The molecule has 0 aromatic carbocycles. The number of pyridine rings is 1. The molecule has 0 amide bonds. The highest BCUT2D eigenvalue weighted by Gasteiger charge is 2.43. The van der Waals surface area contributed by atoms with Crippen LogP contribution in [0.4, 0.5) is 0 Å². The summed E-state index contributed by atoms with van der Waals surface area (Å²) in [7, 11) is 0. The first-order valence-corrected chi connectivity index (χ1v) is 8.78. The minimum absolute atomic E-state index is 0.315. The van der Waals surface area contributed by atoms with Gasteiger partial charge in [0.15, 0.2) is 0 Å². The van der Waals surface area contributed by atoms with E-state index in [0.717, 1.165) is 54.9 Å². The van der Waals surface area contributed by atoms with Crippen LogP contribution < -0.4 is 4.74 Å². The maximum atomic E-state index is 6.32. The summed E-state index contributed by atoms with van der Waals surface area (Å²) in [5, 5.41) is 0. The van der Waals surface area contributed by atoms with Gasteiger partial charge in [-0.15, -0.1) is 0 Å². The summed E-state index contributed by atoms with van der Waals surface area (Å²) in [6, 6.07) is 6.01. The third kappa shape index (κ3) is 3.13. The van der Waals surface area contributed by atoms with Crippen LogP contribution in [-0.2, 0) is 6.54 Å². The van der Waals surface area contributed by atoms with Crippen molar-refractivity contribution in [1.82, 2.24) is 19.9 Å². The third-order valence-corrected chi connectivity index (χ3v) is 5.32. The topological polar surface area (TPSA) is 51.1 Å². The zero-order valence-corrected chi connectivity index (χ0v) is 14.4. The van der Waals surface area contributed by atoms with Crippen LogP contribution >= 0.6 is 0 Å². The minimum Gasteiger partial charge on any atom is -0.488 e. The average molecular weight is 324 g/mol. The molecule has 1 saturated carbocycles. The molecule has 5 heteroatoms. The Morgan fingerprint density at radius 2 is 2.04 bits per heavy atom. The predicted octanol–water partition coefficient (Wildman–Crippen LogP) is 2.78. The van der Waals surface area contributed by atoms with E-state index in [1.165, 1.54) is 6.42 Å². The molecule has 1 saturated heterocycles. The molecule has 24 heavy (non-hydrogen) atoms. The van der Waals surface area contributed by atoms with Crippen LogP contribution in [0.15, 0.2) is 30.6 Å². The van der Waals surface area contributed by atoms with Crippen LogP contribution in [0.2, 0.25) is 0 Å². The minimum atomic E-state index is 0.315. The second-order valence-electron chi connectivity index (χ2n) is 7.03. The van der Waals surface area contributed by atoms with Gasteiger partial charge in [-0.25, -0.2) is 9.97 Å². The number of nitrogens with zero attached hydrogens (tertiary/aromatic N) is 4. The fourth-order valence-corrected chi connectivity index (χ4v) is 4.16. The molecule has 0 N–H and O–H groups in total. The van der Waals surface area contributed by atoms with Crippen molar-refractivity contribution in [3.05, 3.63) is 47.8 Å². The SMILES string of the molecule is Cc1nccc(CN2C[C@H]3CC[C@@H](Oc4cccnc4C)[C@H]3C2)n1. The first-order chi connectivity index (χ1) is 11.7. The van der Waals surface area contributed by atoms with Crippen LogP contribution in [0.5, 0.6) is 5.75 Å². The molecule has 1 aliphatic carbocycles. The molecule has 0 radical (unpaired) electrons. The van der Waals surface area contributed by atoms with Crippen molar-refractivity contribution in [2.45, 2.75) is 39.3 Å². The van der Waals surface area contributed by atoms with Gasteiger partial charge in [-0.1, -0.05) is 0 Å². The molecule has 5 nitrogen and oxygen atoms in total. The van der Waals surface area contributed by atoms with Crippen LogP contribution in [0.25, 0.3) is 0 Å². The lowest BCUT2D eigenvalue weighted by molar-refractivity contribution is 0.146. The fourth-order valence-electron chi connectivity index (χ4n) is 4.16. The van der Waals surface area contributed by atoms with E-state index in [2.05, 4.69) is 19.9 Å². The van der Waals surface area contributed by atoms with E-state index in [9.17, 15) is 0 Å². The Balaban J connectivity index is 1.41. The molecular weight excluding hydrogens is 300 g/mol. The number of fused-ring (bicyclic) bond motifs is 1. The number of aryl methyl sites for hydroxylation is 2. The second-order valence-corrected chi connectivity index (χ2v) is 7.03. The van der Waals surface area contributed by atoms with Gasteiger partial charge in [0.05, 0.1) is 11.4 Å². The van der Waals surface area contributed by atoms with E-state index in [0.29, 0.717) is 12.0 Å². The van der Waals surface area contributed by atoms with Gasteiger partial charge in [0.2, 0.25) is 0 Å². The predicted molar refractivity (Wildman–Crippen MR) is 91.7 cm³/mol.